The van der Waals surface area contributed by atoms with Gasteiger partial charge in [-0.3, -0.25) is 4.79 Å². The Labute approximate surface area is 121 Å². The first-order valence-electron chi connectivity index (χ1n) is 6.87. The van der Waals surface area contributed by atoms with Crippen LogP contribution in [0.2, 0.25) is 0 Å². The molecule has 0 radical (unpaired) electrons. The summed E-state index contributed by atoms with van der Waals surface area (Å²) in [5.41, 5.74) is -0.219. The van der Waals surface area contributed by atoms with Crippen molar-refractivity contribution in [3.05, 3.63) is 35.1 Å². The molecule has 1 aliphatic rings. The summed E-state index contributed by atoms with van der Waals surface area (Å²) < 4.78 is 49.9. The molecule has 1 aromatic rings. The number of esters is 1. The number of hydrogen-bond acceptors (Lipinski definition) is 3. The summed E-state index contributed by atoms with van der Waals surface area (Å²) >= 11 is 0. The van der Waals surface area contributed by atoms with Gasteiger partial charge in [-0.1, -0.05) is 6.42 Å². The van der Waals surface area contributed by atoms with Crippen molar-refractivity contribution < 1.29 is 27.4 Å². The molecule has 0 saturated heterocycles. The van der Waals surface area contributed by atoms with Gasteiger partial charge in [-0.05, 0) is 25.3 Å². The van der Waals surface area contributed by atoms with E-state index in [1.165, 1.54) is 0 Å². The second kappa shape index (κ2) is 6.93. The summed E-state index contributed by atoms with van der Waals surface area (Å²) in [6, 6.07) is 1.11. The average molecular weight is 302 g/mol. The molecule has 0 spiro atoms. The first kappa shape index (κ1) is 15.8. The third-order valence-electron chi connectivity index (χ3n) is 3.65. The van der Waals surface area contributed by atoms with Crippen LogP contribution < -0.4 is 0 Å². The van der Waals surface area contributed by atoms with Crippen molar-refractivity contribution in [3.8, 4) is 0 Å². The molecule has 0 bridgehead atoms. The molecule has 1 fully saturated rings. The molecule has 0 N–H and O–H groups in total. The van der Waals surface area contributed by atoms with E-state index in [2.05, 4.69) is 0 Å². The quantitative estimate of drug-likeness (QED) is 0.633. The molecule has 3 nitrogen and oxygen atoms in total. The van der Waals surface area contributed by atoms with Gasteiger partial charge in [0.15, 0.2) is 11.6 Å². The second-order valence-corrected chi connectivity index (χ2v) is 5.12. The zero-order chi connectivity index (χ0) is 15.4. The summed E-state index contributed by atoms with van der Waals surface area (Å²) in [6.45, 7) is 0. The third kappa shape index (κ3) is 3.97. The highest BCUT2D eigenvalue weighted by Crippen LogP contribution is 2.24. The van der Waals surface area contributed by atoms with Crippen LogP contribution in [0, 0.1) is 17.5 Å². The van der Waals surface area contributed by atoms with Crippen LogP contribution in [0.3, 0.4) is 0 Å². The zero-order valence-electron chi connectivity index (χ0n) is 11.7. The molecule has 2 rings (SSSR count). The minimum atomic E-state index is -1.28. The molecule has 21 heavy (non-hydrogen) atoms. The predicted octanol–water partition coefficient (Wildman–Crippen LogP) is 3.15. The number of ether oxygens (including phenoxy) is 2. The van der Waals surface area contributed by atoms with Gasteiger partial charge >= 0.3 is 5.97 Å². The standard InChI is InChI=1S/C15H17F3O3/c1-20-13-4-2-3-5-14(13)21-15(19)7-9-6-11(17)12(18)8-10(9)16/h6,8,13-14H,2-5,7H2,1H3/t13-,14-/m0/s1. The van der Waals surface area contributed by atoms with Crippen LogP contribution in [0.15, 0.2) is 12.1 Å². The highest BCUT2D eigenvalue weighted by Gasteiger charge is 2.28. The lowest BCUT2D eigenvalue weighted by Gasteiger charge is -2.29. The predicted molar refractivity (Wildman–Crippen MR) is 69.2 cm³/mol. The number of halogens is 3. The van der Waals surface area contributed by atoms with E-state index in [-0.39, 0.29) is 17.8 Å². The van der Waals surface area contributed by atoms with Gasteiger partial charge < -0.3 is 9.47 Å². The van der Waals surface area contributed by atoms with Gasteiger partial charge in [0.05, 0.1) is 12.5 Å². The Morgan fingerprint density at radius 1 is 1.10 bits per heavy atom. The maximum atomic E-state index is 13.5. The van der Waals surface area contributed by atoms with E-state index in [0.717, 1.165) is 19.3 Å². The summed E-state index contributed by atoms with van der Waals surface area (Å²) in [6.07, 6.45) is 2.44. The molecular formula is C15H17F3O3. The topological polar surface area (TPSA) is 35.5 Å². The molecule has 0 heterocycles. The zero-order valence-corrected chi connectivity index (χ0v) is 11.7. The molecule has 116 valence electrons. The Balaban J connectivity index is 2.00. The van der Waals surface area contributed by atoms with Crippen LogP contribution in [-0.4, -0.2) is 25.3 Å². The maximum Gasteiger partial charge on any atom is 0.310 e. The molecule has 1 saturated carbocycles. The largest absolute Gasteiger partial charge is 0.459 e. The van der Waals surface area contributed by atoms with E-state index in [1.54, 1.807) is 7.11 Å². The molecule has 0 aromatic heterocycles. The van der Waals surface area contributed by atoms with E-state index >= 15 is 0 Å². The number of rotatable bonds is 4. The summed E-state index contributed by atoms with van der Waals surface area (Å²) in [5.74, 6) is -4.10. The first-order valence-corrected chi connectivity index (χ1v) is 6.87. The maximum absolute atomic E-state index is 13.5. The number of carbonyl (C=O) groups excluding carboxylic acids is 1. The third-order valence-corrected chi connectivity index (χ3v) is 3.65. The minimum absolute atomic E-state index is 0.169. The Kier molecular flexibility index (Phi) is 5.22. The number of hydrogen-bond donors (Lipinski definition) is 0. The van der Waals surface area contributed by atoms with E-state index in [0.29, 0.717) is 18.6 Å². The SMILES string of the molecule is CO[C@H]1CCCC[C@@H]1OC(=O)Cc1cc(F)c(F)cc1F. The van der Waals surface area contributed by atoms with Crippen molar-refractivity contribution >= 4 is 5.97 Å². The first-order chi connectivity index (χ1) is 10.0. The van der Waals surface area contributed by atoms with E-state index in [1.807, 2.05) is 0 Å². The fourth-order valence-electron chi connectivity index (χ4n) is 2.53. The van der Waals surface area contributed by atoms with Gasteiger partial charge in [-0.2, -0.15) is 0 Å². The average Bonchev–Trinajstić information content (AvgIpc) is 2.45. The van der Waals surface area contributed by atoms with E-state index in [9.17, 15) is 18.0 Å². The van der Waals surface area contributed by atoms with Crippen molar-refractivity contribution in [2.24, 2.45) is 0 Å². The fourth-order valence-corrected chi connectivity index (χ4v) is 2.53. The van der Waals surface area contributed by atoms with E-state index < -0.39 is 29.8 Å². The van der Waals surface area contributed by atoms with Crippen LogP contribution in [-0.2, 0) is 20.7 Å². The number of benzene rings is 1. The van der Waals surface area contributed by atoms with Gasteiger partial charge in [0.1, 0.15) is 11.9 Å². The molecule has 0 amide bonds. The molecule has 1 aromatic carbocycles. The summed E-state index contributed by atoms with van der Waals surface area (Å²) in [7, 11) is 1.55. The van der Waals surface area contributed by atoms with Gasteiger partial charge in [-0.25, -0.2) is 13.2 Å². The lowest BCUT2D eigenvalue weighted by molar-refractivity contribution is -0.158. The van der Waals surface area contributed by atoms with Gasteiger partial charge in [0.25, 0.3) is 0 Å². The summed E-state index contributed by atoms with van der Waals surface area (Å²) in [5, 5.41) is 0. The lowest BCUT2D eigenvalue weighted by atomic mass is 9.94. The van der Waals surface area contributed by atoms with E-state index in [4.69, 9.17) is 9.47 Å². The summed E-state index contributed by atoms with van der Waals surface area (Å²) in [4.78, 5) is 11.8. The Hall–Kier alpha value is -1.56. The highest BCUT2D eigenvalue weighted by atomic mass is 19.2. The van der Waals surface area contributed by atoms with Gasteiger partial charge in [0.2, 0.25) is 0 Å². The van der Waals surface area contributed by atoms with Crippen LogP contribution in [0.25, 0.3) is 0 Å². The monoisotopic (exact) mass is 302 g/mol. The fraction of sp³-hybridized carbons (Fsp3) is 0.533. The normalized spacial score (nSPS) is 22.1. The highest BCUT2D eigenvalue weighted by molar-refractivity contribution is 5.72. The smallest absolute Gasteiger partial charge is 0.310 e. The van der Waals surface area contributed by atoms with Crippen molar-refractivity contribution in [1.29, 1.82) is 0 Å². The molecule has 2 atom stereocenters. The molecule has 0 aliphatic heterocycles. The van der Waals surface area contributed by atoms with Crippen molar-refractivity contribution in [2.75, 3.05) is 7.11 Å². The van der Waals surface area contributed by atoms with Crippen LogP contribution in [0.5, 0.6) is 0 Å². The Morgan fingerprint density at radius 3 is 2.38 bits per heavy atom. The second-order valence-electron chi connectivity index (χ2n) is 5.12. The molecule has 0 unspecified atom stereocenters. The minimum Gasteiger partial charge on any atom is -0.459 e. The van der Waals surface area contributed by atoms with Crippen molar-refractivity contribution in [1.82, 2.24) is 0 Å². The van der Waals surface area contributed by atoms with Crippen molar-refractivity contribution in [3.63, 3.8) is 0 Å². The Bertz CT molecular complexity index is 519. The lowest BCUT2D eigenvalue weighted by Crippen LogP contribution is -2.36. The van der Waals surface area contributed by atoms with Gasteiger partial charge in [0, 0.05) is 18.7 Å². The van der Waals surface area contributed by atoms with Gasteiger partial charge in [-0.15, -0.1) is 0 Å². The van der Waals surface area contributed by atoms with Crippen LogP contribution >= 0.6 is 0 Å². The number of methoxy groups -OCH3 is 1. The Morgan fingerprint density at radius 2 is 1.71 bits per heavy atom. The van der Waals surface area contributed by atoms with Crippen LogP contribution in [0.4, 0.5) is 13.2 Å². The number of carbonyl (C=O) groups is 1. The molecule has 6 heteroatoms. The van der Waals surface area contributed by atoms with Crippen molar-refractivity contribution in [2.45, 2.75) is 44.3 Å². The molecular weight excluding hydrogens is 285 g/mol. The van der Waals surface area contributed by atoms with Crippen LogP contribution in [0.1, 0.15) is 31.2 Å². The molecule has 1 aliphatic carbocycles.